The van der Waals surface area contributed by atoms with E-state index in [1.165, 1.54) is 0 Å². The van der Waals surface area contributed by atoms with Crippen LogP contribution in [0.5, 0.6) is 0 Å². The minimum absolute atomic E-state index is 0.125. The highest BCUT2D eigenvalue weighted by Crippen LogP contribution is 2.19. The number of carbonyl (C=O) groups excluding carboxylic acids is 1. The maximum Gasteiger partial charge on any atom is 0.254 e. The fraction of sp³-hybridized carbons (Fsp3) is 0.588. The topological polar surface area (TPSA) is 32.3 Å². The number of benzene rings is 1. The molecule has 1 amide bonds. The minimum atomic E-state index is 0.125. The molecule has 3 nitrogen and oxygen atoms in total. The van der Waals surface area contributed by atoms with Gasteiger partial charge in [0, 0.05) is 30.4 Å². The van der Waals surface area contributed by atoms with Crippen LogP contribution >= 0.6 is 0 Å². The Hall–Kier alpha value is -1.51. The van der Waals surface area contributed by atoms with Gasteiger partial charge in [0.25, 0.3) is 5.91 Å². The van der Waals surface area contributed by atoms with Gasteiger partial charge in [0.1, 0.15) is 0 Å². The number of hydrogen-bond donors (Lipinski definition) is 1. The van der Waals surface area contributed by atoms with Crippen molar-refractivity contribution in [1.29, 1.82) is 0 Å². The minimum Gasteiger partial charge on any atom is -0.385 e. The Morgan fingerprint density at radius 1 is 1.25 bits per heavy atom. The zero-order chi connectivity index (χ0) is 15.3. The number of hydrogen-bond acceptors (Lipinski definition) is 2. The number of nitrogens with zero attached hydrogens (tertiary/aromatic N) is 1. The molecule has 0 spiro atoms. The molecule has 0 heterocycles. The molecular weight excluding hydrogens is 248 g/mol. The second kappa shape index (κ2) is 7.32. The van der Waals surface area contributed by atoms with Crippen molar-refractivity contribution < 1.29 is 4.79 Å². The molecule has 0 atom stereocenters. The third kappa shape index (κ3) is 4.26. The van der Waals surface area contributed by atoms with E-state index in [0.717, 1.165) is 29.9 Å². The molecule has 1 aromatic rings. The Bertz CT molecular complexity index is 452. The molecule has 0 radical (unpaired) electrons. The van der Waals surface area contributed by atoms with Crippen LogP contribution in [0.2, 0.25) is 0 Å². The van der Waals surface area contributed by atoms with Gasteiger partial charge in [-0.15, -0.1) is 0 Å². The van der Waals surface area contributed by atoms with Crippen LogP contribution in [0.3, 0.4) is 0 Å². The predicted octanol–water partition coefficient (Wildman–Crippen LogP) is 3.93. The molecule has 0 saturated heterocycles. The molecule has 0 fully saturated rings. The molecule has 0 aliphatic rings. The van der Waals surface area contributed by atoms with Gasteiger partial charge in [-0.2, -0.15) is 0 Å². The van der Waals surface area contributed by atoms with E-state index < -0.39 is 0 Å². The molecule has 112 valence electrons. The Kier molecular flexibility index (Phi) is 6.05. The van der Waals surface area contributed by atoms with Gasteiger partial charge in [-0.3, -0.25) is 4.79 Å². The third-order valence-electron chi connectivity index (χ3n) is 3.29. The molecule has 0 unspecified atom stereocenters. The molecule has 3 heteroatoms. The molecule has 0 aromatic heterocycles. The van der Waals surface area contributed by atoms with Gasteiger partial charge in [-0.1, -0.05) is 13.8 Å². The van der Waals surface area contributed by atoms with Crippen LogP contribution in [0, 0.1) is 12.8 Å². The normalized spacial score (nSPS) is 11.0. The summed E-state index contributed by atoms with van der Waals surface area (Å²) in [4.78, 5) is 14.6. The lowest BCUT2D eigenvalue weighted by molar-refractivity contribution is 0.0682. The highest BCUT2D eigenvalue weighted by Gasteiger charge is 2.20. The van der Waals surface area contributed by atoms with Gasteiger partial charge < -0.3 is 10.2 Å². The van der Waals surface area contributed by atoms with Gasteiger partial charge in [-0.05, 0) is 57.4 Å². The first-order chi connectivity index (χ1) is 9.36. The summed E-state index contributed by atoms with van der Waals surface area (Å²) >= 11 is 0. The molecule has 20 heavy (non-hydrogen) atoms. The molecular formula is C17H28N2O. The lowest BCUT2D eigenvalue weighted by atomic mass is 10.1. The number of carbonyl (C=O) groups is 1. The maximum absolute atomic E-state index is 12.6. The summed E-state index contributed by atoms with van der Waals surface area (Å²) in [5.41, 5.74) is 2.99. The van der Waals surface area contributed by atoms with E-state index >= 15 is 0 Å². The Morgan fingerprint density at radius 2 is 1.90 bits per heavy atom. The highest BCUT2D eigenvalue weighted by molar-refractivity contribution is 5.95. The van der Waals surface area contributed by atoms with Gasteiger partial charge in [0.05, 0.1) is 0 Å². The van der Waals surface area contributed by atoms with Gasteiger partial charge in [-0.25, -0.2) is 0 Å². The highest BCUT2D eigenvalue weighted by atomic mass is 16.2. The van der Waals surface area contributed by atoms with Crippen LogP contribution in [-0.4, -0.2) is 29.9 Å². The molecule has 0 bridgehead atoms. The van der Waals surface area contributed by atoms with Crippen LogP contribution in [0.25, 0.3) is 0 Å². The summed E-state index contributed by atoms with van der Waals surface area (Å²) in [5, 5.41) is 3.30. The SMILES string of the molecule is CCNc1ccc(C(=O)N(CC(C)C)C(C)C)cc1C. The van der Waals surface area contributed by atoms with E-state index in [2.05, 4.69) is 39.9 Å². The smallest absolute Gasteiger partial charge is 0.254 e. The van der Waals surface area contributed by atoms with Crippen molar-refractivity contribution in [3.05, 3.63) is 29.3 Å². The van der Waals surface area contributed by atoms with Gasteiger partial charge >= 0.3 is 0 Å². The summed E-state index contributed by atoms with van der Waals surface area (Å²) in [6, 6.07) is 6.12. The Labute approximate surface area is 123 Å². The number of aryl methyl sites for hydroxylation is 1. The summed E-state index contributed by atoms with van der Waals surface area (Å²) in [5.74, 6) is 0.600. The molecule has 1 N–H and O–H groups in total. The van der Waals surface area contributed by atoms with Crippen LogP contribution in [-0.2, 0) is 0 Å². The molecule has 1 aromatic carbocycles. The monoisotopic (exact) mass is 276 g/mol. The zero-order valence-corrected chi connectivity index (χ0v) is 13.7. The van der Waals surface area contributed by atoms with E-state index in [1.807, 2.05) is 30.0 Å². The number of anilines is 1. The lowest BCUT2D eigenvalue weighted by Gasteiger charge is -2.29. The van der Waals surface area contributed by atoms with Crippen molar-refractivity contribution in [1.82, 2.24) is 4.90 Å². The second-order valence-electron chi connectivity index (χ2n) is 6.01. The van der Waals surface area contributed by atoms with E-state index in [9.17, 15) is 4.79 Å². The van der Waals surface area contributed by atoms with E-state index in [4.69, 9.17) is 0 Å². The van der Waals surface area contributed by atoms with E-state index in [1.54, 1.807) is 0 Å². The van der Waals surface area contributed by atoms with Gasteiger partial charge in [0.2, 0.25) is 0 Å². The van der Waals surface area contributed by atoms with E-state index in [0.29, 0.717) is 5.92 Å². The van der Waals surface area contributed by atoms with Crippen molar-refractivity contribution in [2.45, 2.75) is 47.6 Å². The van der Waals surface area contributed by atoms with Crippen molar-refractivity contribution >= 4 is 11.6 Å². The van der Waals surface area contributed by atoms with Crippen molar-refractivity contribution in [3.8, 4) is 0 Å². The molecule has 1 rings (SSSR count). The first-order valence-corrected chi connectivity index (χ1v) is 7.52. The summed E-state index contributed by atoms with van der Waals surface area (Å²) in [7, 11) is 0. The standard InChI is InChI=1S/C17H28N2O/c1-7-18-16-9-8-15(10-14(16)6)17(20)19(13(4)5)11-12(2)3/h8-10,12-13,18H,7,11H2,1-6H3. The van der Waals surface area contributed by atoms with Crippen LogP contribution < -0.4 is 5.32 Å². The maximum atomic E-state index is 12.6. The fourth-order valence-electron chi connectivity index (χ4n) is 2.27. The Morgan fingerprint density at radius 3 is 2.35 bits per heavy atom. The fourth-order valence-corrected chi connectivity index (χ4v) is 2.27. The Balaban J connectivity index is 2.97. The average molecular weight is 276 g/mol. The number of amides is 1. The summed E-state index contributed by atoms with van der Waals surface area (Å²) in [6.07, 6.45) is 0. The van der Waals surface area contributed by atoms with Crippen LogP contribution in [0.4, 0.5) is 5.69 Å². The van der Waals surface area contributed by atoms with Crippen LogP contribution in [0.1, 0.15) is 50.5 Å². The molecule has 0 aliphatic carbocycles. The van der Waals surface area contributed by atoms with Crippen molar-refractivity contribution in [2.24, 2.45) is 5.92 Å². The second-order valence-corrected chi connectivity index (χ2v) is 6.01. The lowest BCUT2D eigenvalue weighted by Crippen LogP contribution is -2.39. The first-order valence-electron chi connectivity index (χ1n) is 7.52. The average Bonchev–Trinajstić information content (AvgIpc) is 2.37. The van der Waals surface area contributed by atoms with Crippen molar-refractivity contribution in [3.63, 3.8) is 0 Å². The van der Waals surface area contributed by atoms with Crippen molar-refractivity contribution in [2.75, 3.05) is 18.4 Å². The molecule has 0 aliphatic heterocycles. The van der Waals surface area contributed by atoms with E-state index in [-0.39, 0.29) is 11.9 Å². The predicted molar refractivity (Wildman–Crippen MR) is 86.4 cm³/mol. The zero-order valence-electron chi connectivity index (χ0n) is 13.7. The largest absolute Gasteiger partial charge is 0.385 e. The third-order valence-corrected chi connectivity index (χ3v) is 3.29. The number of rotatable bonds is 6. The summed E-state index contributed by atoms with van der Waals surface area (Å²) < 4.78 is 0. The number of nitrogens with one attached hydrogen (secondary N) is 1. The molecule has 0 saturated carbocycles. The van der Waals surface area contributed by atoms with Crippen LogP contribution in [0.15, 0.2) is 18.2 Å². The quantitative estimate of drug-likeness (QED) is 0.853. The summed E-state index contributed by atoms with van der Waals surface area (Å²) in [6.45, 7) is 14.2. The van der Waals surface area contributed by atoms with Gasteiger partial charge in [0.15, 0.2) is 0 Å². The first kappa shape index (κ1) is 16.5.